The van der Waals surface area contributed by atoms with Crippen molar-refractivity contribution in [3.8, 4) is 0 Å². The molecule has 0 bridgehead atoms. The average molecular weight is 389 g/mol. The van der Waals surface area contributed by atoms with Gasteiger partial charge in [0.25, 0.3) is 0 Å². The SMILES string of the molecule is O=C(N[C@@H]1C[C@H](C[C@H]2COC3(CCCCC3)O2)OC1=O)OCc1ccccc1. The molecule has 152 valence electrons. The van der Waals surface area contributed by atoms with Crippen LogP contribution in [-0.2, 0) is 30.3 Å². The highest BCUT2D eigenvalue weighted by Gasteiger charge is 2.45. The van der Waals surface area contributed by atoms with Gasteiger partial charge in [-0.3, -0.25) is 0 Å². The van der Waals surface area contributed by atoms with Crippen molar-refractivity contribution in [2.45, 2.75) is 75.6 Å². The number of ether oxygens (including phenoxy) is 4. The Balaban J connectivity index is 1.21. The number of alkyl carbamates (subject to hydrolysis) is 1. The molecule has 1 N–H and O–H groups in total. The predicted octanol–water partition coefficient (Wildman–Crippen LogP) is 3.06. The smallest absolute Gasteiger partial charge is 0.408 e. The first-order valence-electron chi connectivity index (χ1n) is 10.1. The summed E-state index contributed by atoms with van der Waals surface area (Å²) in [6, 6.07) is 8.71. The standard InChI is InChI=1S/C21H27NO6/c23-19-18(22-20(24)25-13-15-7-3-1-4-8-15)12-16(27-19)11-17-14-26-21(28-17)9-5-2-6-10-21/h1,3-4,7-8,16-18H,2,5-6,9-14H2,(H,22,24)/t16-,17-,18+/m0/s1. The van der Waals surface area contributed by atoms with Crippen molar-refractivity contribution in [3.63, 3.8) is 0 Å². The van der Waals surface area contributed by atoms with Crippen LogP contribution in [0.1, 0.15) is 50.5 Å². The second-order valence-corrected chi connectivity index (χ2v) is 7.81. The maximum atomic E-state index is 12.1. The molecule has 3 aliphatic rings. The maximum absolute atomic E-state index is 12.1. The van der Waals surface area contributed by atoms with Gasteiger partial charge in [-0.2, -0.15) is 0 Å². The van der Waals surface area contributed by atoms with Crippen LogP contribution in [0.25, 0.3) is 0 Å². The molecule has 2 heterocycles. The summed E-state index contributed by atoms with van der Waals surface area (Å²) in [4.78, 5) is 24.1. The lowest BCUT2D eigenvalue weighted by Crippen LogP contribution is -2.38. The van der Waals surface area contributed by atoms with E-state index in [0.717, 1.165) is 31.2 Å². The molecular weight excluding hydrogens is 362 g/mol. The molecule has 3 atom stereocenters. The number of cyclic esters (lactones) is 1. The molecule has 1 saturated carbocycles. The minimum absolute atomic E-state index is 0.0697. The van der Waals surface area contributed by atoms with Gasteiger partial charge in [-0.25, -0.2) is 9.59 Å². The summed E-state index contributed by atoms with van der Waals surface area (Å²) in [6.07, 6.45) is 5.40. The third-order valence-electron chi connectivity index (χ3n) is 5.63. The van der Waals surface area contributed by atoms with Crippen molar-refractivity contribution >= 4 is 12.1 Å². The van der Waals surface area contributed by atoms with Gasteiger partial charge in [0.1, 0.15) is 18.8 Å². The number of benzene rings is 1. The lowest BCUT2D eigenvalue weighted by atomic mass is 9.94. The molecule has 1 spiro atoms. The highest BCUT2D eigenvalue weighted by atomic mass is 16.7. The first kappa shape index (κ1) is 19.2. The van der Waals surface area contributed by atoms with Crippen LogP contribution in [0.5, 0.6) is 0 Å². The highest BCUT2D eigenvalue weighted by molar-refractivity contribution is 5.82. The molecule has 7 nitrogen and oxygen atoms in total. The summed E-state index contributed by atoms with van der Waals surface area (Å²) < 4.78 is 22.7. The van der Waals surface area contributed by atoms with Gasteiger partial charge in [-0.15, -0.1) is 0 Å². The third-order valence-corrected chi connectivity index (χ3v) is 5.63. The molecule has 7 heteroatoms. The van der Waals surface area contributed by atoms with Crippen LogP contribution in [0.3, 0.4) is 0 Å². The summed E-state index contributed by atoms with van der Waals surface area (Å²) in [5.74, 6) is -0.849. The van der Waals surface area contributed by atoms with Gasteiger partial charge in [-0.05, 0) is 18.4 Å². The van der Waals surface area contributed by atoms with E-state index in [1.165, 1.54) is 6.42 Å². The van der Waals surface area contributed by atoms with Gasteiger partial charge in [0.2, 0.25) is 0 Å². The Bertz CT molecular complexity index is 687. The monoisotopic (exact) mass is 389 g/mol. The molecule has 1 aliphatic carbocycles. The molecule has 2 aliphatic heterocycles. The van der Waals surface area contributed by atoms with Gasteiger partial charge in [0.05, 0.1) is 12.7 Å². The van der Waals surface area contributed by atoms with Crippen molar-refractivity contribution in [2.24, 2.45) is 0 Å². The summed E-state index contributed by atoms with van der Waals surface area (Å²) >= 11 is 0. The van der Waals surface area contributed by atoms with Crippen LogP contribution >= 0.6 is 0 Å². The minimum atomic E-state index is -0.681. The fourth-order valence-corrected chi connectivity index (χ4v) is 4.20. The number of rotatable bonds is 5. The van der Waals surface area contributed by atoms with E-state index in [9.17, 15) is 9.59 Å². The van der Waals surface area contributed by atoms with Crippen molar-refractivity contribution in [1.82, 2.24) is 5.32 Å². The quantitative estimate of drug-likeness (QED) is 0.780. The predicted molar refractivity (Wildman–Crippen MR) is 99.3 cm³/mol. The zero-order valence-corrected chi connectivity index (χ0v) is 15.9. The first-order chi connectivity index (χ1) is 13.6. The van der Waals surface area contributed by atoms with E-state index in [4.69, 9.17) is 18.9 Å². The second-order valence-electron chi connectivity index (χ2n) is 7.81. The van der Waals surface area contributed by atoms with Crippen LogP contribution in [0, 0.1) is 0 Å². The lowest BCUT2D eigenvalue weighted by Gasteiger charge is -2.31. The zero-order chi connectivity index (χ0) is 19.4. The molecule has 0 unspecified atom stereocenters. The largest absolute Gasteiger partial charge is 0.461 e. The van der Waals surface area contributed by atoms with Crippen molar-refractivity contribution in [1.29, 1.82) is 0 Å². The van der Waals surface area contributed by atoms with Gasteiger partial charge < -0.3 is 24.3 Å². The van der Waals surface area contributed by atoms with Gasteiger partial charge in [0, 0.05) is 25.7 Å². The Morgan fingerprint density at radius 1 is 1.14 bits per heavy atom. The average Bonchev–Trinajstić information content (AvgIpc) is 3.24. The van der Waals surface area contributed by atoms with Crippen LogP contribution in [0.4, 0.5) is 4.79 Å². The van der Waals surface area contributed by atoms with Crippen molar-refractivity contribution in [3.05, 3.63) is 35.9 Å². The molecule has 3 fully saturated rings. The Hall–Kier alpha value is -2.12. The number of carbonyl (C=O) groups is 2. The maximum Gasteiger partial charge on any atom is 0.408 e. The number of esters is 1. The second kappa shape index (κ2) is 8.49. The summed E-state index contributed by atoms with van der Waals surface area (Å²) in [5, 5.41) is 2.60. The Kier molecular flexibility index (Phi) is 5.82. The van der Waals surface area contributed by atoms with Crippen molar-refractivity contribution in [2.75, 3.05) is 6.61 Å². The fraction of sp³-hybridized carbons (Fsp3) is 0.619. The van der Waals surface area contributed by atoms with Crippen LogP contribution < -0.4 is 5.32 Å². The zero-order valence-electron chi connectivity index (χ0n) is 15.9. The fourth-order valence-electron chi connectivity index (χ4n) is 4.20. The van der Waals surface area contributed by atoms with E-state index in [2.05, 4.69) is 5.32 Å². The number of nitrogens with one attached hydrogen (secondary N) is 1. The third kappa shape index (κ3) is 4.64. The first-order valence-corrected chi connectivity index (χ1v) is 10.1. The van der Waals surface area contributed by atoms with Crippen molar-refractivity contribution < 1.29 is 28.5 Å². The highest BCUT2D eigenvalue weighted by Crippen LogP contribution is 2.39. The van der Waals surface area contributed by atoms with E-state index in [-0.39, 0.29) is 18.8 Å². The van der Waals surface area contributed by atoms with Gasteiger partial charge in [0.15, 0.2) is 5.79 Å². The summed E-state index contributed by atoms with van der Waals surface area (Å²) in [6.45, 7) is 0.693. The van der Waals surface area contributed by atoms with Gasteiger partial charge >= 0.3 is 12.1 Å². The molecule has 1 aromatic rings. The Morgan fingerprint density at radius 3 is 2.71 bits per heavy atom. The van der Waals surface area contributed by atoms with E-state index in [1.54, 1.807) is 0 Å². The van der Waals surface area contributed by atoms with Crippen LogP contribution in [-0.4, -0.2) is 42.7 Å². The van der Waals surface area contributed by atoms with E-state index in [1.807, 2.05) is 30.3 Å². The Labute approximate surface area is 164 Å². The molecule has 1 amide bonds. The number of hydrogen-bond acceptors (Lipinski definition) is 6. The molecule has 4 rings (SSSR count). The summed E-state index contributed by atoms with van der Waals surface area (Å²) in [5.41, 5.74) is 0.888. The van der Waals surface area contributed by atoms with Crippen LogP contribution in [0.2, 0.25) is 0 Å². The van der Waals surface area contributed by atoms with Gasteiger partial charge in [-0.1, -0.05) is 36.8 Å². The molecule has 1 aromatic carbocycles. The minimum Gasteiger partial charge on any atom is -0.461 e. The molecule has 28 heavy (non-hydrogen) atoms. The van der Waals surface area contributed by atoms with E-state index >= 15 is 0 Å². The normalized spacial score (nSPS) is 28.9. The number of carbonyl (C=O) groups excluding carboxylic acids is 2. The lowest BCUT2D eigenvalue weighted by molar-refractivity contribution is -0.189. The molecule has 2 saturated heterocycles. The van der Waals surface area contributed by atoms with E-state index < -0.39 is 23.9 Å². The summed E-state index contributed by atoms with van der Waals surface area (Å²) in [7, 11) is 0. The Morgan fingerprint density at radius 2 is 1.93 bits per heavy atom. The topological polar surface area (TPSA) is 83.1 Å². The van der Waals surface area contributed by atoms with E-state index in [0.29, 0.717) is 19.4 Å². The number of hydrogen-bond donors (Lipinski definition) is 1. The molecule has 0 aromatic heterocycles. The van der Waals surface area contributed by atoms with Crippen LogP contribution in [0.15, 0.2) is 30.3 Å². The number of amides is 1. The molecule has 0 radical (unpaired) electrons. The molecular formula is C21H27NO6.